The van der Waals surface area contributed by atoms with Gasteiger partial charge in [0, 0.05) is 30.7 Å². The molecule has 0 bridgehead atoms. The van der Waals surface area contributed by atoms with Gasteiger partial charge >= 0.3 is 0 Å². The molecule has 1 saturated heterocycles. The Morgan fingerprint density at radius 3 is 2.36 bits per heavy atom. The van der Waals surface area contributed by atoms with E-state index in [-0.39, 0.29) is 0 Å². The lowest BCUT2D eigenvalue weighted by molar-refractivity contribution is 0.198. The minimum Gasteiger partial charge on any atom is -0.314 e. The molecule has 22 heavy (non-hydrogen) atoms. The molecule has 1 N–H and O–H groups in total. The van der Waals surface area contributed by atoms with Crippen molar-refractivity contribution in [2.24, 2.45) is 0 Å². The molecule has 116 valence electrons. The van der Waals surface area contributed by atoms with Crippen LogP contribution in [0.1, 0.15) is 29.7 Å². The third kappa shape index (κ3) is 3.43. The van der Waals surface area contributed by atoms with Gasteiger partial charge in [-0.2, -0.15) is 0 Å². The number of nitrogens with zero attached hydrogens (tertiary/aromatic N) is 1. The molecule has 0 aliphatic carbocycles. The summed E-state index contributed by atoms with van der Waals surface area (Å²) in [7, 11) is 0. The van der Waals surface area contributed by atoms with Gasteiger partial charge in [-0.3, -0.25) is 4.90 Å². The fourth-order valence-electron chi connectivity index (χ4n) is 3.16. The van der Waals surface area contributed by atoms with Crippen molar-refractivity contribution in [3.05, 3.63) is 69.7 Å². The molecule has 1 unspecified atom stereocenters. The van der Waals surface area contributed by atoms with E-state index >= 15 is 0 Å². The first-order chi connectivity index (χ1) is 10.8. The van der Waals surface area contributed by atoms with Gasteiger partial charge in [-0.25, -0.2) is 0 Å². The van der Waals surface area contributed by atoms with Gasteiger partial charge in [0.15, 0.2) is 0 Å². The summed E-state index contributed by atoms with van der Waals surface area (Å²) < 4.78 is 1.19. The molecule has 2 aromatic carbocycles. The molecule has 1 aliphatic heterocycles. The van der Waals surface area contributed by atoms with E-state index < -0.39 is 0 Å². The molecule has 1 heterocycles. The number of benzene rings is 2. The molecule has 1 atom stereocenters. The van der Waals surface area contributed by atoms with Crippen molar-refractivity contribution in [2.75, 3.05) is 26.2 Å². The number of nitrogens with one attached hydrogen (secondary N) is 1. The van der Waals surface area contributed by atoms with Crippen molar-refractivity contribution >= 4 is 15.9 Å². The fraction of sp³-hybridized carbons (Fsp3) is 0.368. The lowest BCUT2D eigenvalue weighted by Gasteiger charge is -2.36. The molecule has 2 aromatic rings. The number of piperazine rings is 1. The Morgan fingerprint density at radius 2 is 1.73 bits per heavy atom. The van der Waals surface area contributed by atoms with Crippen molar-refractivity contribution in [3.8, 4) is 0 Å². The Balaban J connectivity index is 1.99. The van der Waals surface area contributed by atoms with Crippen LogP contribution in [0.4, 0.5) is 0 Å². The highest BCUT2D eigenvalue weighted by atomic mass is 79.9. The van der Waals surface area contributed by atoms with Crippen LogP contribution >= 0.6 is 15.9 Å². The number of halogens is 1. The zero-order valence-electron chi connectivity index (χ0n) is 13.1. The second kappa shape index (κ2) is 7.40. The van der Waals surface area contributed by atoms with Crippen LogP contribution < -0.4 is 5.32 Å². The Kier molecular flexibility index (Phi) is 5.29. The van der Waals surface area contributed by atoms with Gasteiger partial charge in [0.1, 0.15) is 0 Å². The average molecular weight is 359 g/mol. The summed E-state index contributed by atoms with van der Waals surface area (Å²) >= 11 is 3.75. The van der Waals surface area contributed by atoms with Crippen LogP contribution in [0.2, 0.25) is 0 Å². The Labute approximate surface area is 141 Å². The standard InChI is InChI=1S/C19H23BrN2/c1-2-15-7-9-16(10-8-15)19(22-13-11-21-12-14-22)17-5-3-4-6-18(17)20/h3-10,19,21H,2,11-14H2,1H3. The van der Waals surface area contributed by atoms with E-state index in [9.17, 15) is 0 Å². The lowest BCUT2D eigenvalue weighted by Crippen LogP contribution is -2.45. The molecule has 0 spiro atoms. The molecule has 3 rings (SSSR count). The highest BCUT2D eigenvalue weighted by molar-refractivity contribution is 9.10. The smallest absolute Gasteiger partial charge is 0.0613 e. The molecule has 1 aliphatic rings. The minimum absolute atomic E-state index is 0.323. The maximum absolute atomic E-state index is 3.75. The van der Waals surface area contributed by atoms with Gasteiger partial charge in [0.25, 0.3) is 0 Å². The Bertz CT molecular complexity index is 603. The van der Waals surface area contributed by atoms with E-state index in [4.69, 9.17) is 0 Å². The molecular weight excluding hydrogens is 336 g/mol. The lowest BCUT2D eigenvalue weighted by atomic mass is 9.95. The molecule has 0 radical (unpaired) electrons. The number of aryl methyl sites for hydroxylation is 1. The largest absolute Gasteiger partial charge is 0.314 e. The van der Waals surface area contributed by atoms with E-state index in [2.05, 4.69) is 81.6 Å². The van der Waals surface area contributed by atoms with E-state index in [1.54, 1.807) is 0 Å². The topological polar surface area (TPSA) is 15.3 Å². The van der Waals surface area contributed by atoms with Gasteiger partial charge < -0.3 is 5.32 Å². The van der Waals surface area contributed by atoms with Crippen molar-refractivity contribution in [2.45, 2.75) is 19.4 Å². The maximum atomic E-state index is 3.75. The van der Waals surface area contributed by atoms with Gasteiger partial charge in [-0.05, 0) is 29.2 Å². The molecule has 3 heteroatoms. The second-order valence-corrected chi connectivity index (χ2v) is 6.66. The van der Waals surface area contributed by atoms with Gasteiger partial charge in [-0.15, -0.1) is 0 Å². The summed E-state index contributed by atoms with van der Waals surface area (Å²) in [4.78, 5) is 2.58. The summed E-state index contributed by atoms with van der Waals surface area (Å²) in [6.07, 6.45) is 1.09. The second-order valence-electron chi connectivity index (χ2n) is 5.81. The van der Waals surface area contributed by atoms with Crippen LogP contribution in [-0.2, 0) is 6.42 Å². The van der Waals surface area contributed by atoms with Crippen LogP contribution in [0.5, 0.6) is 0 Å². The predicted molar refractivity (Wildman–Crippen MR) is 96.2 cm³/mol. The van der Waals surface area contributed by atoms with Crippen molar-refractivity contribution in [1.29, 1.82) is 0 Å². The van der Waals surface area contributed by atoms with Crippen LogP contribution in [-0.4, -0.2) is 31.1 Å². The van der Waals surface area contributed by atoms with Gasteiger partial charge in [-0.1, -0.05) is 65.3 Å². The highest BCUT2D eigenvalue weighted by Gasteiger charge is 2.25. The zero-order chi connectivity index (χ0) is 15.4. The molecule has 1 fully saturated rings. The number of hydrogen-bond donors (Lipinski definition) is 1. The molecule has 0 saturated carbocycles. The third-order valence-corrected chi connectivity index (χ3v) is 5.14. The first kappa shape index (κ1) is 15.7. The monoisotopic (exact) mass is 358 g/mol. The molecule has 0 aromatic heterocycles. The maximum Gasteiger partial charge on any atom is 0.0613 e. The van der Waals surface area contributed by atoms with Crippen molar-refractivity contribution in [3.63, 3.8) is 0 Å². The molecular formula is C19H23BrN2. The number of rotatable bonds is 4. The van der Waals surface area contributed by atoms with E-state index in [1.807, 2.05) is 0 Å². The van der Waals surface area contributed by atoms with Crippen molar-refractivity contribution in [1.82, 2.24) is 10.2 Å². The summed E-state index contributed by atoms with van der Waals surface area (Å²) in [6.45, 7) is 6.50. The van der Waals surface area contributed by atoms with Crippen LogP contribution in [0.25, 0.3) is 0 Å². The zero-order valence-corrected chi connectivity index (χ0v) is 14.6. The van der Waals surface area contributed by atoms with Crippen LogP contribution in [0.3, 0.4) is 0 Å². The Hall–Kier alpha value is -1.16. The number of hydrogen-bond acceptors (Lipinski definition) is 2. The Morgan fingerprint density at radius 1 is 1.05 bits per heavy atom. The highest BCUT2D eigenvalue weighted by Crippen LogP contribution is 2.33. The first-order valence-corrected chi connectivity index (χ1v) is 8.87. The quantitative estimate of drug-likeness (QED) is 0.888. The van der Waals surface area contributed by atoms with E-state index in [0.717, 1.165) is 32.6 Å². The molecule has 2 nitrogen and oxygen atoms in total. The summed E-state index contributed by atoms with van der Waals surface area (Å²) in [5.41, 5.74) is 4.13. The van der Waals surface area contributed by atoms with Crippen LogP contribution in [0, 0.1) is 0 Å². The third-order valence-electron chi connectivity index (χ3n) is 4.42. The predicted octanol–water partition coefficient (Wildman–Crippen LogP) is 4.01. The fourth-order valence-corrected chi connectivity index (χ4v) is 3.66. The average Bonchev–Trinajstić information content (AvgIpc) is 2.58. The summed E-state index contributed by atoms with van der Waals surface area (Å²) in [6, 6.07) is 18.1. The van der Waals surface area contributed by atoms with Crippen LogP contribution in [0.15, 0.2) is 53.0 Å². The van der Waals surface area contributed by atoms with Crippen molar-refractivity contribution < 1.29 is 0 Å². The van der Waals surface area contributed by atoms with E-state index in [1.165, 1.54) is 21.2 Å². The van der Waals surface area contributed by atoms with E-state index in [0.29, 0.717) is 6.04 Å². The van der Waals surface area contributed by atoms with Gasteiger partial charge in [0.05, 0.1) is 6.04 Å². The van der Waals surface area contributed by atoms with Gasteiger partial charge in [0.2, 0.25) is 0 Å². The normalized spacial score (nSPS) is 17.4. The SMILES string of the molecule is CCc1ccc(C(c2ccccc2Br)N2CCNCC2)cc1. The minimum atomic E-state index is 0.323. The first-order valence-electron chi connectivity index (χ1n) is 8.07. The summed E-state index contributed by atoms with van der Waals surface area (Å²) in [5, 5.41) is 3.45. The summed E-state index contributed by atoms with van der Waals surface area (Å²) in [5.74, 6) is 0. The molecule has 0 amide bonds.